The van der Waals surface area contributed by atoms with Crippen LogP contribution in [0.3, 0.4) is 0 Å². The third kappa shape index (κ3) is 22.1. The van der Waals surface area contributed by atoms with Crippen LogP contribution >= 0.6 is 0 Å². The van der Waals surface area contributed by atoms with Crippen molar-refractivity contribution in [1.29, 1.82) is 0 Å². The number of nitrogens with one attached hydrogen (secondary N) is 10. The van der Waals surface area contributed by atoms with Crippen LogP contribution in [0.15, 0.2) is 60.7 Å². The van der Waals surface area contributed by atoms with E-state index in [2.05, 4.69) is 53.2 Å². The van der Waals surface area contributed by atoms with Gasteiger partial charge < -0.3 is 74.4 Å². The number of nitrogens with zero attached hydrogens (tertiary/aromatic N) is 2. The minimum Gasteiger partial charge on any atom is -0.343 e. The van der Waals surface area contributed by atoms with Gasteiger partial charge in [-0.05, 0) is 126 Å². The molecule has 0 bridgehead atoms. The molecule has 12 atom stereocenters. The Bertz CT molecular complexity index is 2670. The quantitative estimate of drug-likeness (QED) is 0.107. The summed E-state index contributed by atoms with van der Waals surface area (Å²) >= 11 is 0. The van der Waals surface area contributed by atoms with Crippen molar-refractivity contribution in [2.75, 3.05) is 26.2 Å². The van der Waals surface area contributed by atoms with Crippen molar-refractivity contribution in [2.24, 2.45) is 35.1 Å². The fourth-order valence-electron chi connectivity index (χ4n) is 11.7. The number of fused-ring (bicyclic) bond motifs is 2. The molecular weight excluding hydrogens is 1180 g/mol. The molecule has 0 radical (unpaired) electrons. The lowest BCUT2D eigenvalue weighted by atomic mass is 9.99. The normalized spacial score (nSPS) is 27.3. The average molecular weight is 1280 g/mol. The highest BCUT2D eigenvalue weighted by molar-refractivity contribution is 6.00. The second kappa shape index (κ2) is 36.3. The lowest BCUT2D eigenvalue weighted by Gasteiger charge is -2.32. The molecule has 2 aromatic rings. The van der Waals surface area contributed by atoms with Crippen molar-refractivity contribution in [2.45, 2.75) is 219 Å². The zero-order chi connectivity index (χ0) is 67.9. The molecule has 0 unspecified atom stereocenters. The number of carbonyl (C=O) groups is 12. The Morgan fingerprint density at radius 3 is 1.02 bits per heavy atom. The number of carbonyl (C=O) groups excluding carboxylic acids is 12. The van der Waals surface area contributed by atoms with Gasteiger partial charge in [-0.1, -0.05) is 116 Å². The van der Waals surface area contributed by atoms with Crippen molar-refractivity contribution in [1.82, 2.24) is 63.0 Å². The molecule has 26 nitrogen and oxygen atoms in total. The second-order valence-electron chi connectivity index (χ2n) is 26.2. The van der Waals surface area contributed by atoms with Crippen LogP contribution in [0.5, 0.6) is 0 Å². The Kier molecular flexibility index (Phi) is 29.5. The van der Waals surface area contributed by atoms with Crippen LogP contribution in [-0.2, 0) is 70.4 Å². The molecule has 0 aromatic heterocycles. The van der Waals surface area contributed by atoms with Crippen molar-refractivity contribution in [3.05, 3.63) is 71.8 Å². The highest BCUT2D eigenvalue weighted by Crippen LogP contribution is 2.23. The smallest absolute Gasteiger partial charge is 0.246 e. The molecule has 2 aromatic carbocycles. The number of benzene rings is 2. The van der Waals surface area contributed by atoms with E-state index < -0.39 is 155 Å². The Morgan fingerprint density at radius 1 is 0.391 bits per heavy atom. The molecule has 0 aliphatic carbocycles. The summed E-state index contributed by atoms with van der Waals surface area (Å²) in [4.78, 5) is 176. The van der Waals surface area contributed by atoms with E-state index in [1.165, 1.54) is 23.6 Å². The number of amides is 12. The summed E-state index contributed by atoms with van der Waals surface area (Å²) in [6.45, 7) is 17.5. The molecule has 0 saturated carbocycles. The second-order valence-corrected chi connectivity index (χ2v) is 26.2. The van der Waals surface area contributed by atoms with Gasteiger partial charge in [-0.3, -0.25) is 57.5 Å². The maximum absolute atomic E-state index is 14.9. The highest BCUT2D eigenvalue weighted by Gasteiger charge is 2.43. The van der Waals surface area contributed by atoms with E-state index in [0.717, 1.165) is 0 Å². The van der Waals surface area contributed by atoms with Crippen LogP contribution in [0.2, 0.25) is 0 Å². The van der Waals surface area contributed by atoms with Gasteiger partial charge in [0.1, 0.15) is 72.5 Å². The molecular formula is C66H102N14O12. The van der Waals surface area contributed by atoms with Gasteiger partial charge in [-0.15, -0.1) is 0 Å². The van der Waals surface area contributed by atoms with Crippen molar-refractivity contribution < 1.29 is 57.5 Å². The van der Waals surface area contributed by atoms with E-state index in [9.17, 15) is 57.5 Å². The average Bonchev–Trinajstić information content (AvgIpc) is 1.73. The van der Waals surface area contributed by atoms with Crippen LogP contribution in [0.25, 0.3) is 0 Å². The minimum absolute atomic E-state index is 0.00718. The number of hydrogen-bond acceptors (Lipinski definition) is 14. The molecule has 92 heavy (non-hydrogen) atoms. The fourth-order valence-corrected chi connectivity index (χ4v) is 11.7. The van der Waals surface area contributed by atoms with Crippen LogP contribution in [0.4, 0.5) is 0 Å². The van der Waals surface area contributed by atoms with E-state index >= 15 is 0 Å². The molecule has 3 fully saturated rings. The largest absolute Gasteiger partial charge is 0.343 e. The fraction of sp³-hybridized carbons (Fsp3) is 0.636. The third-order valence-corrected chi connectivity index (χ3v) is 16.8. The first-order valence-electron chi connectivity index (χ1n) is 32.8. The van der Waals surface area contributed by atoms with Crippen molar-refractivity contribution >= 4 is 70.9 Å². The van der Waals surface area contributed by atoms with Gasteiger partial charge in [0, 0.05) is 25.9 Å². The monoisotopic (exact) mass is 1280 g/mol. The van der Waals surface area contributed by atoms with E-state index in [-0.39, 0.29) is 102 Å². The molecule has 3 heterocycles. The first kappa shape index (κ1) is 74.7. The van der Waals surface area contributed by atoms with Crippen LogP contribution < -0.4 is 64.6 Å². The molecule has 12 amide bonds. The van der Waals surface area contributed by atoms with Gasteiger partial charge in [0.25, 0.3) is 0 Å². The lowest BCUT2D eigenvalue weighted by Crippen LogP contribution is -2.62. The number of nitrogens with two attached hydrogens (primary N) is 2. The van der Waals surface area contributed by atoms with E-state index in [4.69, 9.17) is 11.5 Å². The minimum atomic E-state index is -1.26. The molecule has 508 valence electrons. The van der Waals surface area contributed by atoms with Gasteiger partial charge in [0.15, 0.2) is 0 Å². The van der Waals surface area contributed by atoms with Crippen molar-refractivity contribution in [3.63, 3.8) is 0 Å². The van der Waals surface area contributed by atoms with E-state index in [1.807, 2.05) is 27.7 Å². The Labute approximate surface area is 541 Å². The predicted molar refractivity (Wildman–Crippen MR) is 346 cm³/mol. The highest BCUT2D eigenvalue weighted by atomic mass is 16.2. The molecule has 0 spiro atoms. The van der Waals surface area contributed by atoms with Crippen molar-refractivity contribution in [3.8, 4) is 0 Å². The summed E-state index contributed by atoms with van der Waals surface area (Å²) in [5, 5.41) is 27.8. The predicted octanol–water partition coefficient (Wildman–Crippen LogP) is 0.237. The lowest BCUT2D eigenvalue weighted by molar-refractivity contribution is -0.142. The maximum atomic E-state index is 14.9. The molecule has 3 aliphatic heterocycles. The number of rotatable bonds is 16. The maximum Gasteiger partial charge on any atom is 0.246 e. The molecule has 3 saturated heterocycles. The molecule has 3 aliphatic rings. The third-order valence-electron chi connectivity index (χ3n) is 16.8. The molecule has 26 heteroatoms. The van der Waals surface area contributed by atoms with Gasteiger partial charge in [0.05, 0.1) is 0 Å². The SMILES string of the molecule is CC(C)C[C@@H]1NC(=O)[C@H](CCCN)NC(=O)[C@H](C(C)C)NC(=O)[C@@H](C)NC(=O)[C@@H]2CCCN2C(=O)[C@@H](Cc2ccccc2)NC(=O)[C@H](CC(C)C)NC(=O)[C@H](CCCN)NC(=O)[C@H](C(C)C)NC(=O)[C@@H](C)NC(=O)[C@@H]2CCCN2C(=O)[C@@H](Cc2ccccc2)NC1=O. The van der Waals surface area contributed by atoms with E-state index in [0.29, 0.717) is 24.0 Å². The number of hydrogen-bond donors (Lipinski definition) is 12. The van der Waals surface area contributed by atoms with Gasteiger partial charge in [-0.2, -0.15) is 0 Å². The molecule has 5 rings (SSSR count). The standard InChI is InChI=1S/C66H102N14O12/c1-37(2)33-47-59(85)75-49(35-43-21-13-11-14-22-43)65(91)79-31-19-27-51(79)61(87)69-42(10)56(82)78-54(40(7)8)64(90)72-46(26-18-30-68)58(84)74-48(34-38(3)4)60(86)76-50(36-44-23-15-12-16-24-44)66(92)80-32-20-28-52(80)62(88)70-41(9)55(81)77-53(39(5)6)63(89)71-45(25-17-29-67)57(83)73-47/h11-16,21-24,37-42,45-54H,17-20,25-36,67-68H2,1-10H3,(H,69,87)(H,70,88)(H,71,89)(H,72,90)(H,73,83)(H,74,84)(H,75,85)(H,76,86)(H,77,81)(H,78,82)/t41-,42-,45+,46+,47+,48+,49-,50-,51+,52+,53+,54+/m1/s1. The zero-order valence-corrected chi connectivity index (χ0v) is 55.3. The molecule has 14 N–H and O–H groups in total. The van der Waals surface area contributed by atoms with Gasteiger partial charge >= 0.3 is 0 Å². The summed E-state index contributed by atoms with van der Waals surface area (Å²) in [6, 6.07) is 3.15. The van der Waals surface area contributed by atoms with Crippen LogP contribution in [0.1, 0.15) is 145 Å². The van der Waals surface area contributed by atoms with Crippen LogP contribution in [0, 0.1) is 23.7 Å². The van der Waals surface area contributed by atoms with Gasteiger partial charge in [0.2, 0.25) is 70.9 Å². The summed E-state index contributed by atoms with van der Waals surface area (Å²) in [6.07, 6.45) is 2.03. The Morgan fingerprint density at radius 2 is 0.707 bits per heavy atom. The Hall–Kier alpha value is -8.00. The van der Waals surface area contributed by atoms with Gasteiger partial charge in [-0.25, -0.2) is 0 Å². The summed E-state index contributed by atoms with van der Waals surface area (Å²) < 4.78 is 0. The Balaban J connectivity index is 1.54. The topological polar surface area (TPSA) is 384 Å². The first-order chi connectivity index (χ1) is 43.6. The summed E-state index contributed by atoms with van der Waals surface area (Å²) in [7, 11) is 0. The summed E-state index contributed by atoms with van der Waals surface area (Å²) in [5.74, 6) is -9.85. The first-order valence-corrected chi connectivity index (χ1v) is 32.8. The van der Waals surface area contributed by atoms with E-state index in [1.54, 1.807) is 88.4 Å². The summed E-state index contributed by atoms with van der Waals surface area (Å²) in [5.41, 5.74) is 13.2. The van der Waals surface area contributed by atoms with Crippen LogP contribution in [-0.4, -0.2) is 179 Å². The zero-order valence-electron chi connectivity index (χ0n) is 55.3.